The Kier molecular flexibility index (Phi) is 10.2. The summed E-state index contributed by atoms with van der Waals surface area (Å²) in [5.41, 5.74) is 9.58. The van der Waals surface area contributed by atoms with Gasteiger partial charge in [-0.3, -0.25) is 4.99 Å². The number of likely N-dealkylation sites (N-methyl/N-ethyl adjacent to an activating group) is 1. The second-order valence-corrected chi connectivity index (χ2v) is 7.93. The molecule has 0 spiro atoms. The molecule has 2 aromatic rings. The predicted molar refractivity (Wildman–Crippen MR) is 136 cm³/mol. The van der Waals surface area contributed by atoms with E-state index >= 15 is 0 Å². The molecule has 0 fully saturated rings. The molecule has 0 amide bonds. The average molecular weight is 454 g/mol. The molecule has 2 aromatic carbocycles. The van der Waals surface area contributed by atoms with E-state index in [4.69, 9.17) is 26.8 Å². The smallest absolute Gasteiger partial charge is 0.149 e. The summed E-state index contributed by atoms with van der Waals surface area (Å²) in [5, 5.41) is 0.519. The molecule has 1 atom stereocenters. The van der Waals surface area contributed by atoms with Crippen molar-refractivity contribution >= 4 is 30.1 Å². The molecule has 0 saturated carbocycles. The minimum Gasteiger partial charge on any atom is -0.499 e. The summed E-state index contributed by atoms with van der Waals surface area (Å²) >= 11 is 6.51. The first-order chi connectivity index (χ1) is 15.4. The van der Waals surface area contributed by atoms with Crippen LogP contribution in [0.15, 0.2) is 72.0 Å². The molecule has 5 nitrogen and oxygen atoms in total. The molecule has 0 heterocycles. The number of methoxy groups -OCH3 is 1. The van der Waals surface area contributed by atoms with E-state index < -0.39 is 6.04 Å². The normalized spacial score (nSPS) is 12.8. The van der Waals surface area contributed by atoms with Gasteiger partial charge in [-0.25, -0.2) is 0 Å². The third kappa shape index (κ3) is 7.09. The topological polar surface area (TPSA) is 60.1 Å². The van der Waals surface area contributed by atoms with Gasteiger partial charge in [-0.2, -0.15) is 0 Å². The Labute approximate surface area is 196 Å². The highest BCUT2D eigenvalue weighted by Gasteiger charge is 2.20. The van der Waals surface area contributed by atoms with Crippen molar-refractivity contribution in [1.29, 1.82) is 0 Å². The summed E-state index contributed by atoms with van der Waals surface area (Å²) in [6.07, 6.45) is 7.96. The van der Waals surface area contributed by atoms with Gasteiger partial charge in [-0.1, -0.05) is 66.7 Å². The van der Waals surface area contributed by atoms with E-state index in [0.717, 1.165) is 17.7 Å². The van der Waals surface area contributed by atoms with Gasteiger partial charge in [-0.15, -0.1) is 0 Å². The third-order valence-electron chi connectivity index (χ3n) is 4.82. The molecule has 0 radical (unpaired) electrons. The van der Waals surface area contributed by atoms with E-state index in [-0.39, 0.29) is 0 Å². The standard InChI is InChI=1S/C26H32ClN3O2/c1-6-21-22(27)16-20(17-23(28)24(31-5)14-10-11-15-30(3)4)26(25(21)29-2)32-18-19-12-8-7-9-13-19/h6-14,16,23H,1-2,15,17-18,28H2,3-5H3/b11-10+,24-14-. The number of allylic oxidation sites excluding steroid dienone is 2. The molecule has 170 valence electrons. The highest BCUT2D eigenvalue weighted by molar-refractivity contribution is 6.32. The summed E-state index contributed by atoms with van der Waals surface area (Å²) in [5.74, 6) is 1.25. The number of benzene rings is 2. The lowest BCUT2D eigenvalue weighted by atomic mass is 9.99. The van der Waals surface area contributed by atoms with Gasteiger partial charge in [0.1, 0.15) is 23.8 Å². The number of halogens is 1. The number of hydrogen-bond donors (Lipinski definition) is 1. The van der Waals surface area contributed by atoms with Crippen LogP contribution < -0.4 is 10.5 Å². The van der Waals surface area contributed by atoms with E-state index in [2.05, 4.69) is 23.2 Å². The van der Waals surface area contributed by atoms with Crippen molar-refractivity contribution in [3.63, 3.8) is 0 Å². The van der Waals surface area contributed by atoms with Crippen LogP contribution in [0, 0.1) is 0 Å². The maximum atomic E-state index is 6.51. The van der Waals surface area contributed by atoms with Gasteiger partial charge in [0.05, 0.1) is 18.2 Å². The zero-order valence-corrected chi connectivity index (χ0v) is 19.8. The molecule has 32 heavy (non-hydrogen) atoms. The number of ether oxygens (including phenoxy) is 2. The van der Waals surface area contributed by atoms with Crippen LogP contribution in [0.5, 0.6) is 5.75 Å². The van der Waals surface area contributed by atoms with Crippen molar-refractivity contribution in [2.24, 2.45) is 10.7 Å². The Morgan fingerprint density at radius 3 is 2.59 bits per heavy atom. The molecule has 6 heteroatoms. The Hall–Kier alpha value is -2.86. The zero-order valence-electron chi connectivity index (χ0n) is 19.1. The minimum absolute atomic E-state index is 0.379. The predicted octanol–water partition coefficient (Wildman–Crippen LogP) is 5.41. The van der Waals surface area contributed by atoms with Crippen LogP contribution >= 0.6 is 11.6 Å². The maximum absolute atomic E-state index is 6.51. The lowest BCUT2D eigenvalue weighted by molar-refractivity contribution is 0.262. The van der Waals surface area contributed by atoms with Gasteiger partial charge in [-0.05, 0) is 50.5 Å². The fraction of sp³-hybridized carbons (Fsp3) is 0.269. The van der Waals surface area contributed by atoms with Crippen molar-refractivity contribution in [3.05, 3.63) is 88.7 Å². The summed E-state index contributed by atoms with van der Waals surface area (Å²) in [6, 6.07) is 11.4. The lowest BCUT2D eigenvalue weighted by Gasteiger charge is -2.20. The van der Waals surface area contributed by atoms with Crippen LogP contribution in [0.2, 0.25) is 5.02 Å². The SMILES string of the molecule is C=Cc1c(Cl)cc(CC(N)/C(=C/C=C/CN(C)C)OC)c(OCc2ccccc2)c1N=C. The van der Waals surface area contributed by atoms with Crippen LogP contribution in [0.4, 0.5) is 5.69 Å². The fourth-order valence-electron chi connectivity index (χ4n) is 3.19. The Balaban J connectivity index is 2.36. The Morgan fingerprint density at radius 2 is 2.00 bits per heavy atom. The van der Waals surface area contributed by atoms with Crippen LogP contribution in [0.25, 0.3) is 6.08 Å². The Morgan fingerprint density at radius 1 is 1.28 bits per heavy atom. The highest BCUT2D eigenvalue weighted by atomic mass is 35.5. The van der Waals surface area contributed by atoms with E-state index in [1.807, 2.05) is 68.7 Å². The molecule has 0 aliphatic carbocycles. The number of hydrogen-bond acceptors (Lipinski definition) is 5. The quantitative estimate of drug-likeness (QED) is 0.265. The van der Waals surface area contributed by atoms with Crippen LogP contribution in [-0.4, -0.2) is 45.4 Å². The molecule has 0 aromatic heterocycles. The first-order valence-corrected chi connectivity index (χ1v) is 10.7. The molecule has 2 N–H and O–H groups in total. The first kappa shape index (κ1) is 25.4. The molecule has 0 saturated heterocycles. The molecule has 2 rings (SSSR count). The van der Waals surface area contributed by atoms with Crippen molar-refractivity contribution in [2.45, 2.75) is 19.1 Å². The van der Waals surface area contributed by atoms with Gasteiger partial charge in [0, 0.05) is 12.1 Å². The van der Waals surface area contributed by atoms with Crippen molar-refractivity contribution in [1.82, 2.24) is 4.90 Å². The van der Waals surface area contributed by atoms with Crippen molar-refractivity contribution in [3.8, 4) is 5.75 Å². The zero-order chi connectivity index (χ0) is 23.5. The van der Waals surface area contributed by atoms with E-state index in [0.29, 0.717) is 40.8 Å². The van der Waals surface area contributed by atoms with Gasteiger partial charge in [0.2, 0.25) is 0 Å². The molecule has 1 unspecified atom stereocenters. The lowest BCUT2D eigenvalue weighted by Crippen LogP contribution is -2.26. The average Bonchev–Trinajstić information content (AvgIpc) is 2.78. The van der Waals surface area contributed by atoms with E-state index in [1.165, 1.54) is 0 Å². The van der Waals surface area contributed by atoms with Crippen molar-refractivity contribution < 1.29 is 9.47 Å². The van der Waals surface area contributed by atoms with Gasteiger partial charge in [0.25, 0.3) is 0 Å². The summed E-state index contributed by atoms with van der Waals surface area (Å²) in [6.45, 7) is 8.77. The van der Waals surface area contributed by atoms with Crippen LogP contribution in [0.3, 0.4) is 0 Å². The number of nitrogens with two attached hydrogens (primary N) is 1. The van der Waals surface area contributed by atoms with Crippen LogP contribution in [0.1, 0.15) is 16.7 Å². The Bertz CT molecular complexity index is 969. The third-order valence-corrected chi connectivity index (χ3v) is 5.13. The van der Waals surface area contributed by atoms with E-state index in [9.17, 15) is 0 Å². The summed E-state index contributed by atoms with van der Waals surface area (Å²) < 4.78 is 11.7. The molecule has 0 bridgehead atoms. The number of nitrogens with zero attached hydrogens (tertiary/aromatic N) is 2. The molecular formula is C26H32ClN3O2. The summed E-state index contributed by atoms with van der Waals surface area (Å²) in [7, 11) is 5.63. The number of rotatable bonds is 12. The summed E-state index contributed by atoms with van der Waals surface area (Å²) in [4.78, 5) is 6.26. The number of aliphatic imine (C=N–C) groups is 1. The molecule has 0 aliphatic rings. The monoisotopic (exact) mass is 453 g/mol. The highest BCUT2D eigenvalue weighted by Crippen LogP contribution is 2.41. The van der Waals surface area contributed by atoms with Gasteiger partial charge < -0.3 is 20.1 Å². The minimum atomic E-state index is -0.397. The maximum Gasteiger partial charge on any atom is 0.149 e. The second kappa shape index (κ2) is 12.9. The first-order valence-electron chi connectivity index (χ1n) is 10.3. The van der Waals surface area contributed by atoms with Gasteiger partial charge >= 0.3 is 0 Å². The van der Waals surface area contributed by atoms with E-state index in [1.54, 1.807) is 13.2 Å². The van der Waals surface area contributed by atoms with Gasteiger partial charge in [0.15, 0.2) is 0 Å². The molecular weight excluding hydrogens is 422 g/mol. The van der Waals surface area contributed by atoms with Crippen molar-refractivity contribution in [2.75, 3.05) is 27.7 Å². The van der Waals surface area contributed by atoms with Crippen LogP contribution in [-0.2, 0) is 17.8 Å². The largest absolute Gasteiger partial charge is 0.499 e. The fourth-order valence-corrected chi connectivity index (χ4v) is 3.49. The second-order valence-electron chi connectivity index (χ2n) is 7.52. The molecule has 0 aliphatic heterocycles.